The molecule has 0 aliphatic rings. The highest BCUT2D eigenvalue weighted by atomic mass is 19.4. The third kappa shape index (κ3) is 5.67. The van der Waals surface area contributed by atoms with Crippen LogP contribution in [0.25, 0.3) is 6.08 Å². The van der Waals surface area contributed by atoms with Crippen LogP contribution in [0.15, 0.2) is 54.6 Å². The number of carbonyl (C=O) groups excluding carboxylic acids is 1. The number of esters is 1. The lowest BCUT2D eigenvalue weighted by molar-refractivity contribution is -0.138. The smallest absolute Gasteiger partial charge is 0.417 e. The van der Waals surface area contributed by atoms with Gasteiger partial charge in [-0.1, -0.05) is 36.4 Å². The van der Waals surface area contributed by atoms with E-state index in [-0.39, 0.29) is 24.5 Å². The number of carbonyl (C=O) groups is 1. The maximum absolute atomic E-state index is 13.3. The summed E-state index contributed by atoms with van der Waals surface area (Å²) in [5, 5.41) is 0. The van der Waals surface area contributed by atoms with Crippen molar-refractivity contribution in [2.75, 3.05) is 6.61 Å². The molecule has 3 nitrogen and oxygen atoms in total. The number of benzene rings is 2. The van der Waals surface area contributed by atoms with Gasteiger partial charge in [0.1, 0.15) is 12.4 Å². The quantitative estimate of drug-likeness (QED) is 0.551. The van der Waals surface area contributed by atoms with Gasteiger partial charge in [-0.15, -0.1) is 0 Å². The number of rotatable bonds is 6. The Morgan fingerprint density at radius 1 is 1.12 bits per heavy atom. The minimum Gasteiger partial charge on any atom is -0.489 e. The Hall–Kier alpha value is -2.76. The minimum absolute atomic E-state index is 0.101. The van der Waals surface area contributed by atoms with Gasteiger partial charge in [0.15, 0.2) is 0 Å². The van der Waals surface area contributed by atoms with Crippen LogP contribution in [-0.4, -0.2) is 12.6 Å². The van der Waals surface area contributed by atoms with E-state index in [1.807, 2.05) is 30.3 Å². The lowest BCUT2D eigenvalue weighted by Gasteiger charge is -2.13. The van der Waals surface area contributed by atoms with E-state index >= 15 is 0 Å². The second-order valence-electron chi connectivity index (χ2n) is 5.11. The Bertz CT molecular complexity index is 737. The van der Waals surface area contributed by atoms with Gasteiger partial charge in [0, 0.05) is 6.08 Å². The van der Waals surface area contributed by atoms with Crippen LogP contribution < -0.4 is 4.74 Å². The molecule has 0 N–H and O–H groups in total. The largest absolute Gasteiger partial charge is 0.489 e. The molecule has 0 aromatic heterocycles. The molecule has 0 amide bonds. The number of halogens is 3. The Labute approximate surface area is 143 Å². The van der Waals surface area contributed by atoms with E-state index in [2.05, 4.69) is 4.74 Å². The lowest BCUT2D eigenvalue weighted by Crippen LogP contribution is -2.08. The molecule has 0 heterocycles. The fraction of sp³-hybridized carbons (Fsp3) is 0.211. The zero-order valence-electron chi connectivity index (χ0n) is 13.5. The van der Waals surface area contributed by atoms with Crippen LogP contribution in [-0.2, 0) is 22.3 Å². The first kappa shape index (κ1) is 18.6. The minimum atomic E-state index is -4.57. The molecular formula is C19H17F3O3. The van der Waals surface area contributed by atoms with Gasteiger partial charge in [0.25, 0.3) is 0 Å². The van der Waals surface area contributed by atoms with Gasteiger partial charge in [-0.2, -0.15) is 13.2 Å². The summed E-state index contributed by atoms with van der Waals surface area (Å²) in [5.41, 5.74) is -0.159. The van der Waals surface area contributed by atoms with Crippen LogP contribution in [0.2, 0.25) is 0 Å². The monoisotopic (exact) mass is 350 g/mol. The average Bonchev–Trinajstić information content (AvgIpc) is 2.59. The summed E-state index contributed by atoms with van der Waals surface area (Å²) in [7, 11) is 0. The molecule has 0 saturated carbocycles. The molecule has 0 aliphatic heterocycles. The summed E-state index contributed by atoms with van der Waals surface area (Å²) in [6.45, 7) is 1.93. The molecule has 0 saturated heterocycles. The van der Waals surface area contributed by atoms with Crippen molar-refractivity contribution in [3.63, 3.8) is 0 Å². The summed E-state index contributed by atoms with van der Waals surface area (Å²) in [6, 6.07) is 12.8. The maximum Gasteiger partial charge on any atom is 0.417 e. The fourth-order valence-corrected chi connectivity index (χ4v) is 2.11. The molecule has 25 heavy (non-hydrogen) atoms. The Morgan fingerprint density at radius 3 is 2.48 bits per heavy atom. The molecule has 132 valence electrons. The first-order chi connectivity index (χ1) is 11.9. The number of hydrogen-bond donors (Lipinski definition) is 0. The van der Waals surface area contributed by atoms with Crippen LogP contribution in [0.5, 0.6) is 5.75 Å². The van der Waals surface area contributed by atoms with Gasteiger partial charge in [0.05, 0.1) is 12.2 Å². The third-order valence-corrected chi connectivity index (χ3v) is 3.26. The van der Waals surface area contributed by atoms with Crippen molar-refractivity contribution in [3.8, 4) is 5.75 Å². The normalized spacial score (nSPS) is 11.5. The maximum atomic E-state index is 13.3. The summed E-state index contributed by atoms with van der Waals surface area (Å²) < 4.78 is 49.9. The summed E-state index contributed by atoms with van der Waals surface area (Å²) in [6.07, 6.45) is -2.51. The van der Waals surface area contributed by atoms with Gasteiger partial charge < -0.3 is 9.47 Å². The molecule has 2 rings (SSSR count). The summed E-state index contributed by atoms with van der Waals surface area (Å²) in [5.74, 6) is -0.593. The number of alkyl halides is 3. The van der Waals surface area contributed by atoms with Crippen molar-refractivity contribution in [2.24, 2.45) is 0 Å². The van der Waals surface area contributed by atoms with Crippen LogP contribution in [0.4, 0.5) is 13.2 Å². The summed E-state index contributed by atoms with van der Waals surface area (Å²) in [4.78, 5) is 11.3. The first-order valence-corrected chi connectivity index (χ1v) is 7.63. The van der Waals surface area contributed by atoms with Gasteiger partial charge in [-0.05, 0) is 36.3 Å². The molecular weight excluding hydrogens is 333 g/mol. The van der Waals surface area contributed by atoms with Crippen molar-refractivity contribution >= 4 is 12.0 Å². The lowest BCUT2D eigenvalue weighted by atomic mass is 10.1. The predicted molar refractivity (Wildman–Crippen MR) is 87.9 cm³/mol. The van der Waals surface area contributed by atoms with Crippen molar-refractivity contribution in [3.05, 3.63) is 71.3 Å². The van der Waals surface area contributed by atoms with Crippen LogP contribution in [0, 0.1) is 0 Å². The molecule has 0 fully saturated rings. The average molecular weight is 350 g/mol. The number of ether oxygens (including phenoxy) is 2. The van der Waals surface area contributed by atoms with E-state index in [9.17, 15) is 18.0 Å². The molecule has 2 aromatic carbocycles. The molecule has 0 unspecified atom stereocenters. The number of hydrogen-bond acceptors (Lipinski definition) is 3. The van der Waals surface area contributed by atoms with Crippen molar-refractivity contribution in [1.82, 2.24) is 0 Å². The van der Waals surface area contributed by atoms with E-state index < -0.39 is 17.7 Å². The van der Waals surface area contributed by atoms with Crippen LogP contribution in [0.3, 0.4) is 0 Å². The molecule has 0 aliphatic carbocycles. The zero-order chi connectivity index (χ0) is 18.3. The van der Waals surface area contributed by atoms with E-state index in [4.69, 9.17) is 4.74 Å². The highest BCUT2D eigenvalue weighted by molar-refractivity contribution is 5.87. The van der Waals surface area contributed by atoms with Crippen molar-refractivity contribution in [1.29, 1.82) is 0 Å². The molecule has 0 bridgehead atoms. The van der Waals surface area contributed by atoms with E-state index in [0.29, 0.717) is 0 Å². The fourth-order valence-electron chi connectivity index (χ4n) is 2.11. The topological polar surface area (TPSA) is 35.5 Å². The Balaban J connectivity index is 2.20. The zero-order valence-corrected chi connectivity index (χ0v) is 13.5. The van der Waals surface area contributed by atoms with Gasteiger partial charge in [-0.25, -0.2) is 4.79 Å². The molecule has 6 heteroatoms. The van der Waals surface area contributed by atoms with Crippen LogP contribution in [0.1, 0.15) is 23.6 Å². The van der Waals surface area contributed by atoms with E-state index in [1.54, 1.807) is 6.92 Å². The molecule has 0 spiro atoms. The van der Waals surface area contributed by atoms with Gasteiger partial charge in [0.2, 0.25) is 0 Å². The highest BCUT2D eigenvalue weighted by Crippen LogP contribution is 2.35. The molecule has 0 radical (unpaired) electrons. The standard InChI is InChI=1S/C19H17F3O3/c1-2-24-18(23)11-9-15-8-10-16(12-17(15)19(20,21)22)25-13-14-6-4-3-5-7-14/h3-12H,2,13H2,1H3. The van der Waals surface area contributed by atoms with E-state index in [0.717, 1.165) is 23.8 Å². The summed E-state index contributed by atoms with van der Waals surface area (Å²) >= 11 is 0. The predicted octanol–water partition coefficient (Wildman–Crippen LogP) is 4.86. The second kappa shape index (κ2) is 8.37. The molecule has 0 atom stereocenters. The van der Waals surface area contributed by atoms with Gasteiger partial charge >= 0.3 is 12.1 Å². The second-order valence-corrected chi connectivity index (χ2v) is 5.11. The van der Waals surface area contributed by atoms with Crippen molar-refractivity contribution in [2.45, 2.75) is 19.7 Å². The Kier molecular flexibility index (Phi) is 6.22. The van der Waals surface area contributed by atoms with Crippen LogP contribution >= 0.6 is 0 Å². The van der Waals surface area contributed by atoms with Gasteiger partial charge in [-0.3, -0.25) is 0 Å². The highest BCUT2D eigenvalue weighted by Gasteiger charge is 2.33. The van der Waals surface area contributed by atoms with E-state index in [1.165, 1.54) is 12.1 Å². The first-order valence-electron chi connectivity index (χ1n) is 7.63. The Morgan fingerprint density at radius 2 is 1.84 bits per heavy atom. The third-order valence-electron chi connectivity index (χ3n) is 3.26. The van der Waals surface area contributed by atoms with Crippen molar-refractivity contribution < 1.29 is 27.4 Å². The molecule has 2 aromatic rings. The SMILES string of the molecule is CCOC(=O)C=Cc1ccc(OCc2ccccc2)cc1C(F)(F)F.